The minimum Gasteiger partial charge on any atom is -0.265 e. The number of nitrogens with zero attached hydrogens (tertiary/aromatic N) is 1. The van der Waals surface area contributed by atoms with Gasteiger partial charge in [0.2, 0.25) is 0 Å². The summed E-state index contributed by atoms with van der Waals surface area (Å²) in [4.78, 5) is 20.4. The predicted molar refractivity (Wildman–Crippen MR) is 19.8 cm³/mol. The molecule has 0 bridgehead atoms. The van der Waals surface area contributed by atoms with E-state index in [-0.39, 0.29) is 12.5 Å². The van der Waals surface area contributed by atoms with Crippen LogP contribution in [0, 0.1) is 4.91 Å². The second kappa shape index (κ2) is 1.18. The fourth-order valence-corrected chi connectivity index (χ4v) is 0.334. The molecule has 1 saturated heterocycles. The third-order valence-corrected chi connectivity index (χ3v) is 0.607. The molecule has 1 heterocycles. The zero-order valence-electron chi connectivity index (χ0n) is 3.47. The van der Waals surface area contributed by atoms with E-state index < -0.39 is 0 Å². The fraction of sp³-hybridized carbons (Fsp3) is 0.500. The van der Waals surface area contributed by atoms with Crippen LogP contribution < -0.4 is 11.0 Å². The van der Waals surface area contributed by atoms with Gasteiger partial charge in [0.25, 0.3) is 0 Å². The van der Waals surface area contributed by atoms with Crippen LogP contribution in [0.25, 0.3) is 0 Å². The SMILES string of the molecule is O=C1C[N+](=O)NN1. The number of hydrogen-bond acceptors (Lipinski definition) is 2. The van der Waals surface area contributed by atoms with Crippen molar-refractivity contribution < 1.29 is 9.66 Å². The lowest BCUT2D eigenvalue weighted by Gasteiger charge is -1.74. The van der Waals surface area contributed by atoms with Crippen molar-refractivity contribution in [3.05, 3.63) is 4.91 Å². The van der Waals surface area contributed by atoms with Crippen LogP contribution in [-0.4, -0.2) is 17.3 Å². The van der Waals surface area contributed by atoms with E-state index in [1.54, 1.807) is 0 Å². The standard InChI is InChI=1S/C2H3N3O2/c6-2-1-5(7)4-3-2/h1H2,(H-,3,4,6,7)/p+1. The molecule has 1 aliphatic heterocycles. The molecule has 1 aliphatic rings. The van der Waals surface area contributed by atoms with Crippen LogP contribution in [0.4, 0.5) is 0 Å². The maximum Gasteiger partial charge on any atom is 0.316 e. The largest absolute Gasteiger partial charge is 0.316 e. The van der Waals surface area contributed by atoms with Gasteiger partial charge < -0.3 is 0 Å². The van der Waals surface area contributed by atoms with Gasteiger partial charge in [-0.2, -0.15) is 0 Å². The molecule has 0 unspecified atom stereocenters. The summed E-state index contributed by atoms with van der Waals surface area (Å²) in [5, 5.41) is 0. The summed E-state index contributed by atoms with van der Waals surface area (Å²) in [6.45, 7) is -0.111. The number of nitrogens with one attached hydrogen (secondary N) is 2. The Bertz CT molecular complexity index is 106. The van der Waals surface area contributed by atoms with Gasteiger partial charge in [-0.05, 0) is 0 Å². The van der Waals surface area contributed by atoms with E-state index in [2.05, 4.69) is 5.43 Å². The van der Waals surface area contributed by atoms with Crippen molar-refractivity contribution in [1.82, 2.24) is 11.0 Å². The maximum absolute atomic E-state index is 10.0. The van der Waals surface area contributed by atoms with Gasteiger partial charge in [-0.25, -0.2) is 5.43 Å². The van der Waals surface area contributed by atoms with Gasteiger partial charge in [-0.1, -0.05) is 5.53 Å². The second-order valence-electron chi connectivity index (χ2n) is 1.20. The van der Waals surface area contributed by atoms with E-state index in [9.17, 15) is 9.70 Å². The second-order valence-corrected chi connectivity index (χ2v) is 1.20. The van der Waals surface area contributed by atoms with Crippen molar-refractivity contribution in [1.29, 1.82) is 0 Å². The van der Waals surface area contributed by atoms with E-state index >= 15 is 0 Å². The zero-order valence-corrected chi connectivity index (χ0v) is 3.47. The van der Waals surface area contributed by atoms with Gasteiger partial charge >= 0.3 is 12.5 Å². The predicted octanol–water partition coefficient (Wildman–Crippen LogP) is -1.69. The molecule has 0 aromatic rings. The summed E-state index contributed by atoms with van der Waals surface area (Å²) in [6.07, 6.45) is 0. The van der Waals surface area contributed by atoms with Crippen molar-refractivity contribution in [2.24, 2.45) is 0 Å². The van der Waals surface area contributed by atoms with Crippen LogP contribution in [0.1, 0.15) is 0 Å². The average molecular weight is 102 g/mol. The summed E-state index contributed by atoms with van der Waals surface area (Å²) >= 11 is 0. The van der Waals surface area contributed by atoms with Gasteiger partial charge in [0.15, 0.2) is 0 Å². The highest BCUT2D eigenvalue weighted by Gasteiger charge is 2.23. The highest BCUT2D eigenvalue weighted by molar-refractivity contribution is 5.77. The first-order chi connectivity index (χ1) is 3.29. The molecule has 1 fully saturated rings. The van der Waals surface area contributed by atoms with Crippen molar-refractivity contribution >= 4 is 5.91 Å². The Hall–Kier alpha value is -1.13. The quantitative estimate of drug-likeness (QED) is 0.359. The van der Waals surface area contributed by atoms with Crippen LogP contribution >= 0.6 is 0 Å². The molecule has 0 atom stereocenters. The lowest BCUT2D eigenvalue weighted by atomic mass is 10.7. The molecule has 0 aromatic carbocycles. The van der Waals surface area contributed by atoms with E-state index in [1.165, 1.54) is 0 Å². The monoisotopic (exact) mass is 102 g/mol. The normalized spacial score (nSPS) is 18.9. The zero-order chi connectivity index (χ0) is 5.28. The number of amides is 1. The van der Waals surface area contributed by atoms with Gasteiger partial charge in [0.05, 0.1) is 4.91 Å². The molecule has 0 aliphatic carbocycles. The molecule has 2 N–H and O–H groups in total. The topological polar surface area (TPSA) is 61.2 Å². The number of carbonyl (C=O) groups is 1. The molecule has 1 rings (SSSR count). The van der Waals surface area contributed by atoms with Gasteiger partial charge in [0.1, 0.15) is 4.87 Å². The molecule has 0 saturated carbocycles. The minimum atomic E-state index is -0.296. The van der Waals surface area contributed by atoms with E-state index in [4.69, 9.17) is 0 Å². The van der Waals surface area contributed by atoms with Gasteiger partial charge in [-0.15, -0.1) is 0 Å². The molecule has 38 valence electrons. The number of hydrazine groups is 2. The first kappa shape index (κ1) is 4.04. The maximum atomic E-state index is 10.0. The van der Waals surface area contributed by atoms with Crippen LogP contribution in [0.3, 0.4) is 0 Å². The molecule has 5 nitrogen and oxygen atoms in total. The Morgan fingerprint density at radius 1 is 1.71 bits per heavy atom. The summed E-state index contributed by atoms with van der Waals surface area (Å²) in [5.74, 6) is -0.296. The minimum absolute atomic E-state index is 0.111. The van der Waals surface area contributed by atoms with E-state index in [0.717, 1.165) is 0 Å². The smallest absolute Gasteiger partial charge is 0.265 e. The Labute approximate surface area is 39.2 Å². The Balaban J connectivity index is 2.55. The molecular formula is C2H4N3O2+. The summed E-state index contributed by atoms with van der Waals surface area (Å²) < 4.78 is 0. The third-order valence-electron chi connectivity index (χ3n) is 0.607. The molecule has 0 aromatic heterocycles. The van der Waals surface area contributed by atoms with Crippen molar-refractivity contribution in [3.63, 3.8) is 0 Å². The summed E-state index contributed by atoms with van der Waals surface area (Å²) in [6, 6.07) is 0. The molecule has 0 radical (unpaired) electrons. The first-order valence-electron chi connectivity index (χ1n) is 1.78. The van der Waals surface area contributed by atoms with Crippen LogP contribution in [-0.2, 0) is 4.79 Å². The molecule has 5 heteroatoms. The van der Waals surface area contributed by atoms with Gasteiger partial charge in [0, 0.05) is 0 Å². The first-order valence-corrected chi connectivity index (χ1v) is 1.78. The van der Waals surface area contributed by atoms with Crippen molar-refractivity contribution in [2.45, 2.75) is 0 Å². The lowest BCUT2D eigenvalue weighted by molar-refractivity contribution is -0.587. The molecule has 7 heavy (non-hydrogen) atoms. The molecule has 1 amide bonds. The summed E-state index contributed by atoms with van der Waals surface area (Å²) in [7, 11) is 0. The number of carbonyl (C=O) groups excluding carboxylic acids is 1. The number of nitroso groups, excluding NO2 is 1. The van der Waals surface area contributed by atoms with Crippen LogP contribution in [0.5, 0.6) is 0 Å². The third kappa shape index (κ3) is 0.648. The number of hydrogen-bond donors (Lipinski definition) is 2. The van der Waals surface area contributed by atoms with E-state index in [0.29, 0.717) is 4.87 Å². The lowest BCUT2D eigenvalue weighted by Crippen LogP contribution is -2.28. The molecule has 0 spiro atoms. The Morgan fingerprint density at radius 3 is 2.57 bits per heavy atom. The Morgan fingerprint density at radius 2 is 2.43 bits per heavy atom. The van der Waals surface area contributed by atoms with Gasteiger partial charge in [-0.3, -0.25) is 4.79 Å². The van der Waals surface area contributed by atoms with Crippen molar-refractivity contribution in [3.8, 4) is 0 Å². The van der Waals surface area contributed by atoms with Crippen molar-refractivity contribution in [2.75, 3.05) is 6.54 Å². The number of rotatable bonds is 0. The van der Waals surface area contributed by atoms with Crippen LogP contribution in [0.2, 0.25) is 0 Å². The summed E-state index contributed by atoms with van der Waals surface area (Å²) in [5.41, 5.74) is 4.14. The highest BCUT2D eigenvalue weighted by atomic mass is 16.3. The van der Waals surface area contributed by atoms with Crippen LogP contribution in [0.15, 0.2) is 0 Å². The highest BCUT2D eigenvalue weighted by Crippen LogP contribution is 1.72. The fourth-order valence-electron chi connectivity index (χ4n) is 0.334. The Kier molecular flexibility index (Phi) is 0.680. The molecular weight excluding hydrogens is 98.0 g/mol. The van der Waals surface area contributed by atoms with E-state index in [1.807, 2.05) is 5.53 Å². The average Bonchev–Trinajstić information content (AvgIpc) is 1.87.